The summed E-state index contributed by atoms with van der Waals surface area (Å²) in [5.74, 6) is 0.0474. The molecule has 1 fully saturated rings. The van der Waals surface area contributed by atoms with Crippen molar-refractivity contribution in [3.63, 3.8) is 0 Å². The molecule has 0 unspecified atom stereocenters. The SMILES string of the molecule is CSc1cccc2sc(N3CCC(N(C)C(=O)c4cnn(C)c4)CC3)nc12. The van der Waals surface area contributed by atoms with E-state index in [1.807, 2.05) is 19.0 Å². The first-order valence-electron chi connectivity index (χ1n) is 9.01. The van der Waals surface area contributed by atoms with Crippen LogP contribution in [0.3, 0.4) is 0 Å². The highest BCUT2D eigenvalue weighted by Gasteiger charge is 2.27. The molecule has 1 aliphatic rings. The number of aromatic nitrogens is 3. The Morgan fingerprint density at radius 2 is 2.11 bits per heavy atom. The van der Waals surface area contributed by atoms with Gasteiger partial charge in [-0.05, 0) is 31.2 Å². The molecule has 6 nitrogen and oxygen atoms in total. The number of hydrogen-bond acceptors (Lipinski definition) is 6. The average molecular weight is 402 g/mol. The molecule has 0 bridgehead atoms. The molecule has 0 atom stereocenters. The van der Waals surface area contributed by atoms with Crippen LogP contribution in [0.5, 0.6) is 0 Å². The first-order valence-corrected chi connectivity index (χ1v) is 11.0. The van der Waals surface area contributed by atoms with Gasteiger partial charge in [-0.1, -0.05) is 17.4 Å². The molecule has 0 aliphatic carbocycles. The van der Waals surface area contributed by atoms with Gasteiger partial charge in [0, 0.05) is 44.3 Å². The first kappa shape index (κ1) is 18.3. The highest BCUT2D eigenvalue weighted by molar-refractivity contribution is 7.98. The number of anilines is 1. The Morgan fingerprint density at radius 3 is 2.78 bits per heavy atom. The van der Waals surface area contributed by atoms with Crippen LogP contribution < -0.4 is 4.90 Å². The van der Waals surface area contributed by atoms with Crippen LogP contribution in [0.2, 0.25) is 0 Å². The van der Waals surface area contributed by atoms with Crippen molar-refractivity contribution in [3.8, 4) is 0 Å². The summed E-state index contributed by atoms with van der Waals surface area (Å²) in [6, 6.07) is 6.62. The lowest BCUT2D eigenvalue weighted by Gasteiger charge is -2.36. The highest BCUT2D eigenvalue weighted by Crippen LogP contribution is 2.35. The molecule has 1 saturated heterocycles. The number of thioether (sulfide) groups is 1. The third-order valence-electron chi connectivity index (χ3n) is 5.15. The number of fused-ring (bicyclic) bond motifs is 1. The van der Waals surface area contributed by atoms with Gasteiger partial charge in [-0.3, -0.25) is 9.48 Å². The summed E-state index contributed by atoms with van der Waals surface area (Å²) >= 11 is 3.50. The van der Waals surface area contributed by atoms with Gasteiger partial charge in [0.2, 0.25) is 0 Å². The molecule has 4 rings (SSSR count). The molecule has 142 valence electrons. The van der Waals surface area contributed by atoms with Gasteiger partial charge in [-0.25, -0.2) is 4.98 Å². The summed E-state index contributed by atoms with van der Waals surface area (Å²) < 4.78 is 2.91. The Hall–Kier alpha value is -2.06. The molecule has 1 aromatic carbocycles. The van der Waals surface area contributed by atoms with E-state index in [1.165, 1.54) is 9.60 Å². The zero-order valence-corrected chi connectivity index (χ0v) is 17.4. The highest BCUT2D eigenvalue weighted by atomic mass is 32.2. The standard InChI is InChI=1S/C19H23N5OS2/c1-22-12-13(11-20-22)18(25)23(2)14-7-9-24(10-8-14)19-21-17-15(26-3)5-4-6-16(17)27-19/h4-6,11-12,14H,7-10H2,1-3H3. The summed E-state index contributed by atoms with van der Waals surface area (Å²) in [4.78, 5) is 23.0. The molecule has 8 heteroatoms. The molecule has 0 N–H and O–H groups in total. The number of piperidine rings is 1. The lowest BCUT2D eigenvalue weighted by molar-refractivity contribution is 0.0709. The number of hydrogen-bond donors (Lipinski definition) is 0. The number of amides is 1. The zero-order valence-electron chi connectivity index (χ0n) is 15.8. The van der Waals surface area contributed by atoms with E-state index in [4.69, 9.17) is 4.98 Å². The second-order valence-corrected chi connectivity index (χ2v) is 8.70. The van der Waals surface area contributed by atoms with Crippen molar-refractivity contribution in [1.29, 1.82) is 0 Å². The van der Waals surface area contributed by atoms with Crippen LogP contribution in [0.25, 0.3) is 10.2 Å². The molecule has 0 radical (unpaired) electrons. The zero-order chi connectivity index (χ0) is 19.0. The van der Waals surface area contributed by atoms with E-state index < -0.39 is 0 Å². The fourth-order valence-corrected chi connectivity index (χ4v) is 5.23. The van der Waals surface area contributed by atoms with Gasteiger partial charge in [0.05, 0.1) is 22.0 Å². The maximum atomic E-state index is 12.6. The normalized spacial score (nSPS) is 15.4. The number of para-hydroxylation sites is 1. The summed E-state index contributed by atoms with van der Waals surface area (Å²) in [6.07, 6.45) is 7.41. The fourth-order valence-electron chi connectivity index (χ4n) is 3.56. The minimum atomic E-state index is 0.0474. The third-order valence-corrected chi connectivity index (χ3v) is 7.00. The number of thiazole rings is 1. The quantitative estimate of drug-likeness (QED) is 0.627. The molecule has 0 saturated carbocycles. The van der Waals surface area contributed by atoms with Crippen molar-refractivity contribution in [2.75, 3.05) is 31.3 Å². The van der Waals surface area contributed by atoms with Crippen LogP contribution in [0.4, 0.5) is 5.13 Å². The number of rotatable bonds is 4. The molecule has 3 aromatic rings. The number of nitrogens with zero attached hydrogens (tertiary/aromatic N) is 5. The van der Waals surface area contributed by atoms with E-state index in [0.29, 0.717) is 5.56 Å². The predicted molar refractivity (Wildman–Crippen MR) is 112 cm³/mol. The van der Waals surface area contributed by atoms with Gasteiger partial charge in [-0.2, -0.15) is 5.10 Å². The summed E-state index contributed by atoms with van der Waals surface area (Å²) in [5.41, 5.74) is 1.76. The second kappa shape index (κ2) is 7.52. The summed E-state index contributed by atoms with van der Waals surface area (Å²) in [5, 5.41) is 5.19. The minimum Gasteiger partial charge on any atom is -0.348 e. The Morgan fingerprint density at radius 1 is 1.33 bits per heavy atom. The van der Waals surface area contributed by atoms with Crippen LogP contribution in [0.1, 0.15) is 23.2 Å². The van der Waals surface area contributed by atoms with Gasteiger partial charge < -0.3 is 9.80 Å². The molecule has 3 heterocycles. The van der Waals surface area contributed by atoms with E-state index in [2.05, 4.69) is 34.5 Å². The van der Waals surface area contributed by atoms with E-state index in [1.54, 1.807) is 40.2 Å². The smallest absolute Gasteiger partial charge is 0.257 e. The number of benzene rings is 1. The average Bonchev–Trinajstić information content (AvgIpc) is 3.33. The van der Waals surface area contributed by atoms with Crippen LogP contribution in [0.15, 0.2) is 35.5 Å². The van der Waals surface area contributed by atoms with Crippen LogP contribution >= 0.6 is 23.1 Å². The molecule has 2 aromatic heterocycles. The Labute approximate surface area is 167 Å². The number of carbonyl (C=O) groups excluding carboxylic acids is 1. The number of carbonyl (C=O) groups is 1. The molecular formula is C19H23N5OS2. The van der Waals surface area contributed by atoms with Crippen LogP contribution in [-0.2, 0) is 7.05 Å². The molecule has 1 aliphatic heterocycles. The van der Waals surface area contributed by atoms with Crippen LogP contribution in [0, 0.1) is 0 Å². The monoisotopic (exact) mass is 401 g/mol. The molecule has 27 heavy (non-hydrogen) atoms. The second-order valence-electron chi connectivity index (χ2n) is 6.84. The van der Waals surface area contributed by atoms with Crippen LogP contribution in [-0.4, -0.2) is 58.0 Å². The largest absolute Gasteiger partial charge is 0.348 e. The summed E-state index contributed by atoms with van der Waals surface area (Å²) in [7, 11) is 3.73. The minimum absolute atomic E-state index is 0.0474. The van der Waals surface area contributed by atoms with Crippen molar-refractivity contribution >= 4 is 44.4 Å². The van der Waals surface area contributed by atoms with Gasteiger partial charge in [-0.15, -0.1) is 11.8 Å². The van der Waals surface area contributed by atoms with E-state index in [-0.39, 0.29) is 11.9 Å². The maximum Gasteiger partial charge on any atom is 0.257 e. The van der Waals surface area contributed by atoms with Gasteiger partial charge in [0.15, 0.2) is 5.13 Å². The Kier molecular flexibility index (Phi) is 5.10. The Bertz CT molecular complexity index is 958. The third kappa shape index (κ3) is 3.55. The first-order chi connectivity index (χ1) is 13.1. The van der Waals surface area contributed by atoms with Crippen molar-refractivity contribution in [2.24, 2.45) is 7.05 Å². The lowest BCUT2D eigenvalue weighted by atomic mass is 10.0. The summed E-state index contributed by atoms with van der Waals surface area (Å²) in [6.45, 7) is 1.84. The van der Waals surface area contributed by atoms with Gasteiger partial charge in [0.25, 0.3) is 5.91 Å². The maximum absolute atomic E-state index is 12.6. The van der Waals surface area contributed by atoms with E-state index in [9.17, 15) is 4.79 Å². The van der Waals surface area contributed by atoms with Crippen molar-refractivity contribution < 1.29 is 4.79 Å². The topological polar surface area (TPSA) is 54.3 Å². The fraction of sp³-hybridized carbons (Fsp3) is 0.421. The Balaban J connectivity index is 1.43. The van der Waals surface area contributed by atoms with Crippen molar-refractivity contribution in [2.45, 2.75) is 23.8 Å². The van der Waals surface area contributed by atoms with E-state index in [0.717, 1.165) is 36.6 Å². The molecular weight excluding hydrogens is 378 g/mol. The van der Waals surface area contributed by atoms with Gasteiger partial charge in [0.1, 0.15) is 0 Å². The van der Waals surface area contributed by atoms with Crippen molar-refractivity contribution in [1.82, 2.24) is 19.7 Å². The molecule has 1 amide bonds. The van der Waals surface area contributed by atoms with Gasteiger partial charge >= 0.3 is 0 Å². The molecule has 0 spiro atoms. The van der Waals surface area contributed by atoms with Crippen molar-refractivity contribution in [3.05, 3.63) is 36.2 Å². The number of aryl methyl sites for hydroxylation is 1. The predicted octanol–water partition coefficient (Wildman–Crippen LogP) is 3.49. The lowest BCUT2D eigenvalue weighted by Crippen LogP contribution is -2.45. The van der Waals surface area contributed by atoms with E-state index >= 15 is 0 Å².